The first-order valence-corrected chi connectivity index (χ1v) is 13.9. The molecule has 3 atom stereocenters. The van der Waals surface area contributed by atoms with E-state index in [9.17, 15) is 4.79 Å². The highest BCUT2D eigenvalue weighted by Gasteiger charge is 2.65. The lowest BCUT2D eigenvalue weighted by molar-refractivity contribution is 0.0853. The number of para-hydroxylation sites is 1. The fourth-order valence-electron chi connectivity index (χ4n) is 7.12. The number of Topliss-reactive ketones (excluding diaryl/α,β-unsaturated/α-hetero) is 1. The van der Waals surface area contributed by atoms with Crippen molar-refractivity contribution in [3.63, 3.8) is 0 Å². The molecule has 0 bridgehead atoms. The maximum atomic E-state index is 14.9. The van der Waals surface area contributed by atoms with Crippen molar-refractivity contribution in [2.45, 2.75) is 31.7 Å². The Morgan fingerprint density at radius 3 is 1.90 bits per heavy atom. The molecule has 6 rings (SSSR count). The predicted octanol–water partition coefficient (Wildman–Crippen LogP) is 8.47. The third-order valence-corrected chi connectivity index (χ3v) is 9.34. The normalized spacial score (nSPS) is 23.9. The van der Waals surface area contributed by atoms with Gasteiger partial charge in [0.15, 0.2) is 5.78 Å². The van der Waals surface area contributed by atoms with Crippen LogP contribution in [-0.4, -0.2) is 18.4 Å². The molecule has 4 aromatic carbocycles. The maximum absolute atomic E-state index is 14.9. The Morgan fingerprint density at radius 1 is 0.744 bits per heavy atom. The molecule has 2 heteroatoms. The molecular formula is C37H35NO. The summed E-state index contributed by atoms with van der Waals surface area (Å²) in [5, 5.41) is 0. The summed E-state index contributed by atoms with van der Waals surface area (Å²) in [5.41, 5.74) is 6.72. The summed E-state index contributed by atoms with van der Waals surface area (Å²) in [6, 6.07) is 39.6. The summed E-state index contributed by atoms with van der Waals surface area (Å²) < 4.78 is 0. The minimum atomic E-state index is -0.636. The molecule has 1 spiro atoms. The maximum Gasteiger partial charge on any atom is 0.173 e. The molecule has 0 aromatic heterocycles. The Labute approximate surface area is 232 Å². The van der Waals surface area contributed by atoms with Crippen LogP contribution in [0.15, 0.2) is 127 Å². The predicted molar refractivity (Wildman–Crippen MR) is 163 cm³/mol. The highest BCUT2D eigenvalue weighted by atomic mass is 16.1. The Hall–Kier alpha value is -4.17. The van der Waals surface area contributed by atoms with Crippen LogP contribution in [-0.2, 0) is 5.41 Å². The van der Waals surface area contributed by atoms with Crippen molar-refractivity contribution in [2.75, 3.05) is 11.9 Å². The van der Waals surface area contributed by atoms with Crippen LogP contribution in [0.3, 0.4) is 0 Å². The van der Waals surface area contributed by atoms with Crippen LogP contribution in [0.5, 0.6) is 0 Å². The van der Waals surface area contributed by atoms with Crippen molar-refractivity contribution in [3.8, 4) is 0 Å². The van der Waals surface area contributed by atoms with Gasteiger partial charge in [0, 0.05) is 23.7 Å². The molecule has 0 radical (unpaired) electrons. The van der Waals surface area contributed by atoms with E-state index in [-0.39, 0.29) is 17.1 Å². The Bertz CT molecular complexity index is 1570. The minimum Gasteiger partial charge on any atom is -0.363 e. The molecule has 0 amide bonds. The topological polar surface area (TPSA) is 20.3 Å². The summed E-state index contributed by atoms with van der Waals surface area (Å²) in [4.78, 5) is 17.3. The Kier molecular flexibility index (Phi) is 6.14. The lowest BCUT2D eigenvalue weighted by Crippen LogP contribution is -2.64. The van der Waals surface area contributed by atoms with E-state index >= 15 is 0 Å². The molecule has 0 saturated carbocycles. The van der Waals surface area contributed by atoms with Gasteiger partial charge >= 0.3 is 0 Å². The number of anilines is 1. The van der Waals surface area contributed by atoms with E-state index in [4.69, 9.17) is 0 Å². The Balaban J connectivity index is 1.73. The van der Waals surface area contributed by atoms with Gasteiger partial charge in [0.2, 0.25) is 0 Å². The van der Waals surface area contributed by atoms with Crippen LogP contribution in [0.4, 0.5) is 5.69 Å². The number of likely N-dealkylation sites (N-methyl/N-ethyl adjacent to an activating group) is 1. The molecule has 1 aliphatic carbocycles. The van der Waals surface area contributed by atoms with Gasteiger partial charge < -0.3 is 4.90 Å². The molecule has 39 heavy (non-hydrogen) atoms. The van der Waals surface area contributed by atoms with E-state index in [1.807, 2.05) is 36.4 Å². The van der Waals surface area contributed by atoms with Gasteiger partial charge in [0.1, 0.15) is 0 Å². The summed E-state index contributed by atoms with van der Waals surface area (Å²) in [5.74, 6) is -0.00164. The molecule has 0 fully saturated rings. The molecular weight excluding hydrogens is 474 g/mol. The van der Waals surface area contributed by atoms with Gasteiger partial charge in [-0.2, -0.15) is 0 Å². The van der Waals surface area contributed by atoms with Gasteiger partial charge in [-0.3, -0.25) is 4.79 Å². The summed E-state index contributed by atoms with van der Waals surface area (Å²) >= 11 is 0. The number of carbonyl (C=O) groups is 1. The van der Waals surface area contributed by atoms with Crippen LogP contribution in [0, 0.1) is 11.8 Å². The number of hydrogen-bond donors (Lipinski definition) is 0. The summed E-state index contributed by atoms with van der Waals surface area (Å²) in [6.07, 6.45) is 4.68. The van der Waals surface area contributed by atoms with Crippen LogP contribution >= 0.6 is 0 Å². The fourth-order valence-corrected chi connectivity index (χ4v) is 7.12. The number of benzene rings is 4. The molecule has 2 nitrogen and oxygen atoms in total. The number of nitrogens with zero attached hydrogens (tertiary/aromatic N) is 1. The van der Waals surface area contributed by atoms with Crippen LogP contribution in [0.1, 0.15) is 47.8 Å². The zero-order valence-corrected chi connectivity index (χ0v) is 23.1. The second-order valence-corrected chi connectivity index (χ2v) is 11.4. The second kappa shape index (κ2) is 9.54. The number of carbonyl (C=O) groups excluding carboxylic acids is 1. The van der Waals surface area contributed by atoms with Gasteiger partial charge in [0.25, 0.3) is 0 Å². The lowest BCUT2D eigenvalue weighted by atomic mass is 9.53. The molecule has 0 unspecified atom stereocenters. The minimum absolute atomic E-state index is 0.153. The van der Waals surface area contributed by atoms with Crippen molar-refractivity contribution in [1.29, 1.82) is 0 Å². The highest BCUT2D eigenvalue weighted by molar-refractivity contribution is 6.10. The summed E-state index contributed by atoms with van der Waals surface area (Å²) in [7, 11) is 2.19. The first kappa shape index (κ1) is 25.1. The van der Waals surface area contributed by atoms with E-state index in [1.165, 1.54) is 11.3 Å². The number of fused-ring (bicyclic) bond motifs is 1. The van der Waals surface area contributed by atoms with Crippen LogP contribution in [0.2, 0.25) is 0 Å². The fraction of sp³-hybridized carbons (Fsp3) is 0.216. The Morgan fingerprint density at radius 2 is 1.28 bits per heavy atom. The first-order valence-electron chi connectivity index (χ1n) is 13.9. The smallest absolute Gasteiger partial charge is 0.173 e. The molecule has 194 valence electrons. The monoisotopic (exact) mass is 509 g/mol. The van der Waals surface area contributed by atoms with Crippen molar-refractivity contribution >= 4 is 22.6 Å². The molecule has 0 N–H and O–H groups in total. The van der Waals surface area contributed by atoms with Gasteiger partial charge in [-0.25, -0.2) is 0 Å². The van der Waals surface area contributed by atoms with E-state index in [2.05, 4.69) is 124 Å². The van der Waals surface area contributed by atoms with Crippen molar-refractivity contribution in [2.24, 2.45) is 11.8 Å². The SMILES string of the molecule is CC(C)[C@@]1(C)c2ccccc2N(C)[C@@]12C=C(c1ccccc1)C=C(c1ccccc1)[C@@H]2C(=O)c1ccccc1. The van der Waals surface area contributed by atoms with Gasteiger partial charge in [-0.05, 0) is 52.0 Å². The molecule has 2 aliphatic rings. The van der Waals surface area contributed by atoms with Crippen molar-refractivity contribution in [3.05, 3.63) is 150 Å². The second-order valence-electron chi connectivity index (χ2n) is 11.4. The standard InChI is InChI=1S/C37H35NO/c1-26(2)36(3)32-22-14-15-23-33(32)38(4)37(36)25-30(27-16-8-5-9-17-27)24-31(28-18-10-6-11-19-28)34(37)35(39)29-20-12-7-13-21-29/h5-26,34H,1-4H3/t34-,36+,37-/m1/s1. The van der Waals surface area contributed by atoms with Crippen LogP contribution < -0.4 is 4.90 Å². The number of allylic oxidation sites excluding steroid dienone is 2. The quantitative estimate of drug-likeness (QED) is 0.252. The van der Waals surface area contributed by atoms with Crippen molar-refractivity contribution in [1.82, 2.24) is 0 Å². The van der Waals surface area contributed by atoms with Crippen LogP contribution in [0.25, 0.3) is 11.1 Å². The number of ketones is 1. The summed E-state index contributed by atoms with van der Waals surface area (Å²) in [6.45, 7) is 6.98. The zero-order chi connectivity index (χ0) is 27.2. The number of hydrogen-bond acceptors (Lipinski definition) is 2. The lowest BCUT2D eigenvalue weighted by Gasteiger charge is -2.55. The molecule has 1 heterocycles. The zero-order valence-electron chi connectivity index (χ0n) is 23.1. The van der Waals surface area contributed by atoms with E-state index in [0.717, 1.165) is 27.8 Å². The largest absolute Gasteiger partial charge is 0.363 e. The van der Waals surface area contributed by atoms with Crippen molar-refractivity contribution < 1.29 is 4.79 Å². The van der Waals surface area contributed by atoms with Gasteiger partial charge in [0.05, 0.1) is 11.5 Å². The van der Waals surface area contributed by atoms with E-state index in [1.54, 1.807) is 0 Å². The molecule has 0 saturated heterocycles. The van der Waals surface area contributed by atoms with Gasteiger partial charge in [-0.15, -0.1) is 0 Å². The first-order chi connectivity index (χ1) is 18.9. The average molecular weight is 510 g/mol. The van der Waals surface area contributed by atoms with Gasteiger partial charge in [-0.1, -0.05) is 130 Å². The molecule has 1 aliphatic heterocycles. The van der Waals surface area contributed by atoms with E-state index in [0.29, 0.717) is 0 Å². The average Bonchev–Trinajstić information content (AvgIpc) is 3.18. The van der Waals surface area contributed by atoms with E-state index < -0.39 is 11.5 Å². The molecule has 4 aromatic rings. The third kappa shape index (κ3) is 3.66. The number of rotatable bonds is 5. The third-order valence-electron chi connectivity index (χ3n) is 9.34. The highest BCUT2D eigenvalue weighted by Crippen LogP contribution is 2.62.